The minimum atomic E-state index is -0.471. The van der Waals surface area contributed by atoms with Crippen LogP contribution in [0.5, 0.6) is 5.75 Å². The van der Waals surface area contributed by atoms with Gasteiger partial charge in [0.05, 0.1) is 11.3 Å². The van der Waals surface area contributed by atoms with Crippen molar-refractivity contribution in [3.63, 3.8) is 0 Å². The Morgan fingerprint density at radius 2 is 1.95 bits per heavy atom. The van der Waals surface area contributed by atoms with Crippen molar-refractivity contribution in [2.24, 2.45) is 0 Å². The first-order chi connectivity index (χ1) is 10.2. The van der Waals surface area contributed by atoms with Crippen LogP contribution in [0.1, 0.15) is 5.82 Å². The van der Waals surface area contributed by atoms with Crippen LogP contribution in [0.15, 0.2) is 57.9 Å². The number of halogens is 1. The minimum Gasteiger partial charge on any atom is -0.507 e. The molecule has 0 aliphatic rings. The van der Waals surface area contributed by atoms with Crippen molar-refractivity contribution in [3.8, 4) is 17.2 Å². The van der Waals surface area contributed by atoms with E-state index in [2.05, 4.69) is 10.1 Å². The Morgan fingerprint density at radius 3 is 2.76 bits per heavy atom. The number of phenols is 1. The molecule has 1 N–H and O–H groups in total. The first-order valence-corrected chi connectivity index (χ1v) is 7.20. The van der Waals surface area contributed by atoms with Crippen LogP contribution in [0.25, 0.3) is 11.5 Å². The number of aromatic nitrogens is 2. The number of nitrogens with zero attached hydrogens (tertiary/aromatic N) is 2. The predicted molar refractivity (Wildman–Crippen MR) is 77.4 cm³/mol. The lowest BCUT2D eigenvalue weighted by molar-refractivity contribution is 0.419. The Bertz CT molecular complexity index is 746. The van der Waals surface area contributed by atoms with Crippen LogP contribution in [0.2, 0.25) is 0 Å². The fraction of sp³-hybridized carbons (Fsp3) is 0.0667. The molecule has 0 saturated carbocycles. The summed E-state index contributed by atoms with van der Waals surface area (Å²) >= 11 is 1.57. The number of rotatable bonds is 4. The van der Waals surface area contributed by atoms with Gasteiger partial charge in [-0.1, -0.05) is 23.4 Å². The van der Waals surface area contributed by atoms with Gasteiger partial charge in [-0.15, -0.1) is 11.8 Å². The number of thioether (sulfide) groups is 1. The highest BCUT2D eigenvalue weighted by Crippen LogP contribution is 2.29. The first-order valence-electron chi connectivity index (χ1n) is 6.22. The molecule has 1 aromatic heterocycles. The molecule has 0 fully saturated rings. The molecule has 106 valence electrons. The summed E-state index contributed by atoms with van der Waals surface area (Å²) in [5.41, 5.74) is 0.193. The second kappa shape index (κ2) is 5.97. The molecule has 0 unspecified atom stereocenters. The molecule has 0 radical (unpaired) electrons. The lowest BCUT2D eigenvalue weighted by atomic mass is 10.2. The van der Waals surface area contributed by atoms with Gasteiger partial charge in [0, 0.05) is 4.90 Å². The van der Waals surface area contributed by atoms with Gasteiger partial charge in [0.25, 0.3) is 5.89 Å². The van der Waals surface area contributed by atoms with Crippen LogP contribution in [0.4, 0.5) is 4.39 Å². The van der Waals surface area contributed by atoms with Crippen LogP contribution >= 0.6 is 11.8 Å². The van der Waals surface area contributed by atoms with Gasteiger partial charge in [0.1, 0.15) is 11.6 Å². The van der Waals surface area contributed by atoms with E-state index >= 15 is 0 Å². The van der Waals surface area contributed by atoms with Gasteiger partial charge in [0.15, 0.2) is 5.82 Å². The quantitative estimate of drug-likeness (QED) is 0.741. The number of hydrogen-bond donors (Lipinski definition) is 1. The zero-order chi connectivity index (χ0) is 14.7. The highest BCUT2D eigenvalue weighted by atomic mass is 32.2. The largest absolute Gasteiger partial charge is 0.507 e. The molecule has 0 bridgehead atoms. The number of hydrogen-bond acceptors (Lipinski definition) is 5. The zero-order valence-corrected chi connectivity index (χ0v) is 11.7. The van der Waals surface area contributed by atoms with Crippen LogP contribution in [-0.4, -0.2) is 15.2 Å². The van der Waals surface area contributed by atoms with E-state index in [0.717, 1.165) is 11.0 Å². The van der Waals surface area contributed by atoms with E-state index in [1.54, 1.807) is 11.8 Å². The molecule has 3 aromatic rings. The Hall–Kier alpha value is -2.34. The summed E-state index contributed by atoms with van der Waals surface area (Å²) in [6, 6.07) is 13.4. The van der Waals surface area contributed by atoms with Crippen LogP contribution in [0.3, 0.4) is 0 Å². The topological polar surface area (TPSA) is 59.2 Å². The minimum absolute atomic E-state index is 0.0951. The molecular weight excluding hydrogens is 291 g/mol. The summed E-state index contributed by atoms with van der Waals surface area (Å²) in [5.74, 6) is 0.561. The second-order valence-corrected chi connectivity index (χ2v) is 5.33. The highest BCUT2D eigenvalue weighted by molar-refractivity contribution is 7.98. The molecule has 0 saturated heterocycles. The van der Waals surface area contributed by atoms with Crippen molar-refractivity contribution in [1.82, 2.24) is 10.1 Å². The molecule has 21 heavy (non-hydrogen) atoms. The monoisotopic (exact) mass is 302 g/mol. The average Bonchev–Trinajstić information content (AvgIpc) is 2.97. The van der Waals surface area contributed by atoms with E-state index in [9.17, 15) is 9.50 Å². The Labute approximate surface area is 124 Å². The smallest absolute Gasteiger partial charge is 0.261 e. The fourth-order valence-corrected chi connectivity index (χ4v) is 2.53. The normalized spacial score (nSPS) is 10.7. The second-order valence-electron chi connectivity index (χ2n) is 4.28. The number of aromatic hydroxyl groups is 1. The lowest BCUT2D eigenvalue weighted by Crippen LogP contribution is -1.85. The van der Waals surface area contributed by atoms with E-state index in [0.29, 0.717) is 11.6 Å². The van der Waals surface area contributed by atoms with Gasteiger partial charge in [-0.25, -0.2) is 4.39 Å². The maximum absolute atomic E-state index is 13.2. The van der Waals surface area contributed by atoms with E-state index in [-0.39, 0.29) is 17.2 Å². The van der Waals surface area contributed by atoms with Crippen LogP contribution in [0, 0.1) is 5.82 Å². The molecule has 0 spiro atoms. The van der Waals surface area contributed by atoms with E-state index in [4.69, 9.17) is 4.52 Å². The van der Waals surface area contributed by atoms with Gasteiger partial charge < -0.3 is 9.63 Å². The molecule has 0 aliphatic heterocycles. The summed E-state index contributed by atoms with van der Waals surface area (Å²) < 4.78 is 18.3. The molecule has 0 atom stereocenters. The molecule has 2 aromatic carbocycles. The summed E-state index contributed by atoms with van der Waals surface area (Å²) in [7, 11) is 0. The van der Waals surface area contributed by atoms with Crippen molar-refractivity contribution in [2.75, 3.05) is 0 Å². The third-order valence-corrected chi connectivity index (χ3v) is 3.78. The van der Waals surface area contributed by atoms with Crippen molar-refractivity contribution in [3.05, 3.63) is 60.2 Å². The molecular formula is C15H11FN2O2S. The predicted octanol–water partition coefficient (Wildman–Crippen LogP) is 3.87. The van der Waals surface area contributed by atoms with Crippen LogP contribution in [-0.2, 0) is 5.75 Å². The average molecular weight is 302 g/mol. The maximum atomic E-state index is 13.2. The standard InChI is InChI=1S/C15H11FN2O2S/c16-10-6-7-13(19)12(8-10)15-17-14(18-20-15)9-21-11-4-2-1-3-5-11/h1-8,19H,9H2. The summed E-state index contributed by atoms with van der Waals surface area (Å²) in [6.07, 6.45) is 0. The van der Waals surface area contributed by atoms with Gasteiger partial charge in [-0.3, -0.25) is 0 Å². The third kappa shape index (κ3) is 3.22. The van der Waals surface area contributed by atoms with Crippen molar-refractivity contribution in [1.29, 1.82) is 0 Å². The molecule has 1 heterocycles. The van der Waals surface area contributed by atoms with Gasteiger partial charge in [-0.05, 0) is 30.3 Å². The van der Waals surface area contributed by atoms with E-state index in [1.165, 1.54) is 12.1 Å². The van der Waals surface area contributed by atoms with Crippen molar-refractivity contribution < 1.29 is 14.0 Å². The SMILES string of the molecule is Oc1ccc(F)cc1-c1nc(CSc2ccccc2)no1. The first kappa shape index (κ1) is 13.6. The summed E-state index contributed by atoms with van der Waals surface area (Å²) in [4.78, 5) is 5.27. The third-order valence-electron chi connectivity index (χ3n) is 2.77. The number of phenolic OH excluding ortho intramolecular Hbond substituents is 1. The zero-order valence-electron chi connectivity index (χ0n) is 10.9. The molecule has 0 amide bonds. The van der Waals surface area contributed by atoms with Gasteiger partial charge in [0.2, 0.25) is 0 Å². The summed E-state index contributed by atoms with van der Waals surface area (Å²) in [6.45, 7) is 0. The van der Waals surface area contributed by atoms with Crippen LogP contribution < -0.4 is 0 Å². The number of benzene rings is 2. The Kier molecular flexibility index (Phi) is 3.87. The Balaban J connectivity index is 1.76. The molecule has 6 heteroatoms. The lowest BCUT2D eigenvalue weighted by Gasteiger charge is -1.98. The molecule has 3 rings (SSSR count). The van der Waals surface area contributed by atoms with Gasteiger partial charge in [-0.2, -0.15) is 4.98 Å². The molecule has 0 aliphatic carbocycles. The van der Waals surface area contributed by atoms with Gasteiger partial charge >= 0.3 is 0 Å². The van der Waals surface area contributed by atoms with E-state index in [1.807, 2.05) is 30.3 Å². The highest BCUT2D eigenvalue weighted by Gasteiger charge is 2.14. The fourth-order valence-electron chi connectivity index (χ4n) is 1.77. The summed E-state index contributed by atoms with van der Waals surface area (Å²) in [5, 5.41) is 13.5. The molecule has 4 nitrogen and oxygen atoms in total. The van der Waals surface area contributed by atoms with E-state index < -0.39 is 5.82 Å². The van der Waals surface area contributed by atoms with Crippen molar-refractivity contribution >= 4 is 11.8 Å². The maximum Gasteiger partial charge on any atom is 0.261 e. The van der Waals surface area contributed by atoms with Crippen molar-refractivity contribution in [2.45, 2.75) is 10.6 Å². The Morgan fingerprint density at radius 1 is 1.14 bits per heavy atom.